The number of aliphatic hydroxyl groups excluding tert-OH is 1. The number of fused-ring (bicyclic) bond motifs is 2. The van der Waals surface area contributed by atoms with Crippen LogP contribution in [0, 0.1) is 29.6 Å². The number of rotatable bonds is 24. The first-order valence-electron chi connectivity index (χ1n) is 22.0. The third-order valence-electron chi connectivity index (χ3n) is 12.9. The Labute approximate surface area is 348 Å². The van der Waals surface area contributed by atoms with E-state index >= 15 is 0 Å². The number of amides is 3. The molecule has 4 aliphatic rings. The number of carbonyl (C=O) groups is 6. The molecule has 0 spiro atoms. The third kappa shape index (κ3) is 12.8. The SMILES string of the molecule is CCCCC[C@H](O)CC[C@@H]1[C@H]2Cc3cccc(OCC(=O)O)c3C[C@H]2C[C@H]1OC(=O)[C@@H]1CCCC[C@@H]1C(=O)NCCCCCCSC1CC(=O)N(CCC(C)=O)C1=O. The molecule has 0 bridgehead atoms. The number of carboxylic acids is 1. The monoisotopic (exact) mass is 826 g/mol. The Morgan fingerprint density at radius 1 is 0.966 bits per heavy atom. The van der Waals surface area contributed by atoms with Gasteiger partial charge in [0, 0.05) is 25.9 Å². The predicted molar refractivity (Wildman–Crippen MR) is 221 cm³/mol. The molecule has 8 atom stereocenters. The minimum atomic E-state index is -1.02. The molecule has 3 amide bonds. The molecule has 322 valence electrons. The maximum Gasteiger partial charge on any atom is 0.341 e. The number of esters is 1. The van der Waals surface area contributed by atoms with Gasteiger partial charge in [0.15, 0.2) is 6.61 Å². The smallest absolute Gasteiger partial charge is 0.341 e. The van der Waals surface area contributed by atoms with E-state index in [2.05, 4.69) is 18.3 Å². The van der Waals surface area contributed by atoms with Crippen molar-refractivity contribution < 1.29 is 48.5 Å². The summed E-state index contributed by atoms with van der Waals surface area (Å²) in [5.41, 5.74) is 2.17. The molecular weight excluding hydrogens is 761 g/mol. The number of carboxylic acid groups (broad SMARTS) is 1. The van der Waals surface area contributed by atoms with Crippen molar-refractivity contribution in [2.75, 3.05) is 25.4 Å². The first-order valence-corrected chi connectivity index (χ1v) is 23.1. The summed E-state index contributed by atoms with van der Waals surface area (Å²) in [7, 11) is 0. The summed E-state index contributed by atoms with van der Waals surface area (Å²) in [6, 6.07) is 5.81. The van der Waals surface area contributed by atoms with E-state index in [0.29, 0.717) is 38.0 Å². The highest BCUT2D eigenvalue weighted by Gasteiger charge is 2.48. The normalized spacial score (nSPS) is 25.8. The summed E-state index contributed by atoms with van der Waals surface area (Å²) < 4.78 is 12.1. The van der Waals surface area contributed by atoms with Gasteiger partial charge in [0.2, 0.25) is 17.7 Å². The molecule has 2 saturated carbocycles. The van der Waals surface area contributed by atoms with Gasteiger partial charge in [0.1, 0.15) is 17.6 Å². The average molecular weight is 827 g/mol. The highest BCUT2D eigenvalue weighted by molar-refractivity contribution is 8.00. The van der Waals surface area contributed by atoms with E-state index in [9.17, 15) is 39.0 Å². The van der Waals surface area contributed by atoms with Crippen LogP contribution in [0.4, 0.5) is 0 Å². The number of imide groups is 1. The molecule has 12 nitrogen and oxygen atoms in total. The molecule has 13 heteroatoms. The summed E-state index contributed by atoms with van der Waals surface area (Å²) in [4.78, 5) is 76.2. The molecule has 1 aliphatic heterocycles. The van der Waals surface area contributed by atoms with Crippen LogP contribution in [0.5, 0.6) is 5.75 Å². The molecule has 1 aromatic rings. The van der Waals surface area contributed by atoms with E-state index < -0.39 is 30.5 Å². The summed E-state index contributed by atoms with van der Waals surface area (Å²) in [6.45, 7) is 3.89. The molecule has 3 fully saturated rings. The van der Waals surface area contributed by atoms with Crippen molar-refractivity contribution in [1.82, 2.24) is 10.2 Å². The second kappa shape index (κ2) is 22.8. The van der Waals surface area contributed by atoms with Crippen LogP contribution < -0.4 is 10.1 Å². The first kappa shape index (κ1) is 45.6. The minimum Gasteiger partial charge on any atom is -0.482 e. The molecule has 58 heavy (non-hydrogen) atoms. The number of unbranched alkanes of at least 4 members (excludes halogenated alkanes) is 5. The van der Waals surface area contributed by atoms with Gasteiger partial charge in [0.05, 0.1) is 23.2 Å². The van der Waals surface area contributed by atoms with Crippen LogP contribution in [0.2, 0.25) is 0 Å². The van der Waals surface area contributed by atoms with E-state index in [-0.39, 0.29) is 78.0 Å². The van der Waals surface area contributed by atoms with Crippen LogP contribution >= 0.6 is 11.8 Å². The van der Waals surface area contributed by atoms with E-state index in [1.165, 1.54) is 23.6 Å². The van der Waals surface area contributed by atoms with E-state index in [1.54, 1.807) is 0 Å². The minimum absolute atomic E-state index is 0.0437. The van der Waals surface area contributed by atoms with Crippen molar-refractivity contribution >= 4 is 47.2 Å². The van der Waals surface area contributed by atoms with Gasteiger partial charge in [-0.25, -0.2) is 4.79 Å². The largest absolute Gasteiger partial charge is 0.482 e. The van der Waals surface area contributed by atoms with Gasteiger partial charge in [-0.2, -0.15) is 0 Å². The van der Waals surface area contributed by atoms with Crippen LogP contribution in [0.1, 0.15) is 134 Å². The van der Waals surface area contributed by atoms with Gasteiger partial charge < -0.3 is 25.0 Å². The number of ketones is 1. The Kier molecular flexibility index (Phi) is 17.9. The topological polar surface area (TPSA) is 177 Å². The molecule has 1 unspecified atom stereocenters. The molecule has 3 N–H and O–H groups in total. The quantitative estimate of drug-likeness (QED) is 0.0593. The van der Waals surface area contributed by atoms with Crippen molar-refractivity contribution in [3.63, 3.8) is 0 Å². The number of nitrogens with zero attached hydrogens (tertiary/aromatic N) is 1. The number of ether oxygens (including phenoxy) is 2. The van der Waals surface area contributed by atoms with Crippen LogP contribution in [-0.4, -0.2) is 93.5 Å². The standard InChI is InChI=1S/C45H66N2O10S/c1-3-4-7-14-32(49)18-19-33-36-24-30-13-12-17-38(56-28-42(51)52)37(30)25-31(36)26-39(33)57-45(55)35-16-9-8-15-34(35)43(53)46-21-10-5-6-11-23-58-40-27-41(50)47(44(40)54)22-20-29(2)48/h12-13,17,31-36,39-40,49H,3-11,14-16,18-28H2,1-2H3,(H,46,53)(H,51,52)/t31-,32-,33+,34-,35+,36-,39+,40?/m0/s1. The lowest BCUT2D eigenvalue weighted by Crippen LogP contribution is -2.42. The van der Waals surface area contributed by atoms with Crippen LogP contribution in [0.25, 0.3) is 0 Å². The fourth-order valence-corrected chi connectivity index (χ4v) is 10.9. The van der Waals surface area contributed by atoms with Crippen molar-refractivity contribution in [2.24, 2.45) is 29.6 Å². The molecular formula is C45H66N2O10S. The van der Waals surface area contributed by atoms with E-state index in [4.69, 9.17) is 9.47 Å². The highest BCUT2D eigenvalue weighted by atomic mass is 32.2. The summed E-state index contributed by atoms with van der Waals surface area (Å²) in [5.74, 6) is -0.833. The zero-order valence-corrected chi connectivity index (χ0v) is 35.4. The molecule has 1 heterocycles. The number of aliphatic carboxylic acids is 1. The van der Waals surface area contributed by atoms with Crippen molar-refractivity contribution in [1.29, 1.82) is 0 Å². The van der Waals surface area contributed by atoms with Gasteiger partial charge in [0.25, 0.3) is 0 Å². The number of hydrogen-bond acceptors (Lipinski definition) is 10. The Hall–Kier alpha value is -3.45. The Morgan fingerprint density at radius 2 is 1.74 bits per heavy atom. The number of benzene rings is 1. The van der Waals surface area contributed by atoms with Crippen LogP contribution in [-0.2, 0) is 46.3 Å². The predicted octanol–water partition coefficient (Wildman–Crippen LogP) is 6.46. The number of aliphatic hydroxyl groups is 1. The van der Waals surface area contributed by atoms with Gasteiger partial charge in [-0.3, -0.25) is 28.9 Å². The number of hydrogen-bond donors (Lipinski definition) is 3. The number of likely N-dealkylation sites (tertiary alicyclic amines) is 1. The lowest BCUT2D eigenvalue weighted by molar-refractivity contribution is -0.162. The van der Waals surface area contributed by atoms with Gasteiger partial charge in [-0.1, -0.05) is 64.0 Å². The lowest BCUT2D eigenvalue weighted by atomic mass is 9.73. The summed E-state index contributed by atoms with van der Waals surface area (Å²) in [5, 5.41) is 22.8. The van der Waals surface area contributed by atoms with Crippen molar-refractivity contribution in [2.45, 2.75) is 153 Å². The fraction of sp³-hybridized carbons (Fsp3) is 0.733. The highest BCUT2D eigenvalue weighted by Crippen LogP contribution is 2.50. The molecule has 5 rings (SSSR count). The Balaban J connectivity index is 1.10. The van der Waals surface area contributed by atoms with Crippen molar-refractivity contribution in [3.05, 3.63) is 29.3 Å². The zero-order valence-electron chi connectivity index (χ0n) is 34.6. The second-order valence-electron chi connectivity index (χ2n) is 17.1. The Bertz CT molecular complexity index is 1590. The van der Waals surface area contributed by atoms with Gasteiger partial charge in [-0.15, -0.1) is 11.8 Å². The molecule has 1 saturated heterocycles. The maximum absolute atomic E-state index is 14.1. The van der Waals surface area contributed by atoms with E-state index in [0.717, 1.165) is 100 Å². The third-order valence-corrected chi connectivity index (χ3v) is 14.2. The van der Waals surface area contributed by atoms with Crippen LogP contribution in [0.15, 0.2) is 18.2 Å². The summed E-state index contributed by atoms with van der Waals surface area (Å²) in [6.07, 6.45) is 13.8. The Morgan fingerprint density at radius 3 is 2.50 bits per heavy atom. The molecule has 0 radical (unpaired) electrons. The average Bonchev–Trinajstić information content (AvgIpc) is 3.67. The zero-order chi connectivity index (χ0) is 41.6. The van der Waals surface area contributed by atoms with Crippen LogP contribution in [0.3, 0.4) is 0 Å². The maximum atomic E-state index is 14.1. The molecule has 3 aliphatic carbocycles. The van der Waals surface area contributed by atoms with Gasteiger partial charge in [-0.05, 0) is 112 Å². The number of Topliss-reactive ketones (excluding diaryl/α,β-unsaturated/α-hetero) is 1. The first-order chi connectivity index (χ1) is 28.0. The summed E-state index contributed by atoms with van der Waals surface area (Å²) >= 11 is 1.50. The van der Waals surface area contributed by atoms with E-state index in [1.807, 2.05) is 12.1 Å². The lowest BCUT2D eigenvalue weighted by Gasteiger charge is -2.33. The number of carbonyl (C=O) groups excluding carboxylic acids is 5. The number of thioether (sulfide) groups is 1. The second-order valence-corrected chi connectivity index (χ2v) is 18.4. The molecule has 0 aromatic heterocycles. The molecule has 1 aromatic carbocycles. The van der Waals surface area contributed by atoms with Gasteiger partial charge >= 0.3 is 11.9 Å². The fourth-order valence-electron chi connectivity index (χ4n) is 9.74. The van der Waals surface area contributed by atoms with Crippen molar-refractivity contribution in [3.8, 4) is 5.75 Å². The number of nitrogens with one attached hydrogen (secondary N) is 1.